The molecule has 0 unspecified atom stereocenters. The smallest absolute Gasteiger partial charge is 0.242 e. The van der Waals surface area contributed by atoms with Crippen molar-refractivity contribution in [3.63, 3.8) is 0 Å². The standard InChI is InChI=1S/C13H27N3O/c1-6-7-14-8-9-16-10-12(2,3)15-13(4,5)11(16)17/h14-15H,6-10H2,1-5H3. The molecule has 0 aromatic heterocycles. The van der Waals surface area contributed by atoms with Crippen molar-refractivity contribution < 1.29 is 4.79 Å². The summed E-state index contributed by atoms with van der Waals surface area (Å²) in [6, 6.07) is 0. The van der Waals surface area contributed by atoms with Crippen LogP contribution in [0.3, 0.4) is 0 Å². The highest BCUT2D eigenvalue weighted by Gasteiger charge is 2.42. The van der Waals surface area contributed by atoms with Crippen LogP contribution in [0.2, 0.25) is 0 Å². The molecule has 0 atom stereocenters. The van der Waals surface area contributed by atoms with E-state index < -0.39 is 5.54 Å². The van der Waals surface area contributed by atoms with Crippen LogP contribution >= 0.6 is 0 Å². The molecule has 4 heteroatoms. The highest BCUT2D eigenvalue weighted by atomic mass is 16.2. The topological polar surface area (TPSA) is 44.4 Å². The van der Waals surface area contributed by atoms with Gasteiger partial charge in [0.15, 0.2) is 0 Å². The van der Waals surface area contributed by atoms with Gasteiger partial charge in [0.2, 0.25) is 5.91 Å². The number of amides is 1. The Balaban J connectivity index is 2.55. The van der Waals surface area contributed by atoms with E-state index in [1.807, 2.05) is 18.7 Å². The second-order valence-electron chi connectivity index (χ2n) is 6.11. The first-order valence-corrected chi connectivity index (χ1v) is 6.58. The largest absolute Gasteiger partial charge is 0.338 e. The van der Waals surface area contributed by atoms with Crippen LogP contribution < -0.4 is 10.6 Å². The molecular formula is C13H27N3O. The van der Waals surface area contributed by atoms with Gasteiger partial charge in [-0.15, -0.1) is 0 Å². The minimum Gasteiger partial charge on any atom is -0.338 e. The van der Waals surface area contributed by atoms with Gasteiger partial charge in [0.05, 0.1) is 5.54 Å². The molecule has 0 aromatic carbocycles. The molecule has 0 radical (unpaired) electrons. The fourth-order valence-electron chi connectivity index (χ4n) is 2.58. The van der Waals surface area contributed by atoms with Gasteiger partial charge in [-0.1, -0.05) is 6.92 Å². The second kappa shape index (κ2) is 5.36. The third-order valence-corrected chi connectivity index (χ3v) is 3.04. The lowest BCUT2D eigenvalue weighted by Crippen LogP contribution is -2.70. The molecule has 1 fully saturated rings. The summed E-state index contributed by atoms with van der Waals surface area (Å²) >= 11 is 0. The van der Waals surface area contributed by atoms with E-state index in [4.69, 9.17) is 0 Å². The van der Waals surface area contributed by atoms with Crippen molar-refractivity contribution in [1.82, 2.24) is 15.5 Å². The number of nitrogens with one attached hydrogen (secondary N) is 2. The Morgan fingerprint density at radius 2 is 1.94 bits per heavy atom. The van der Waals surface area contributed by atoms with Crippen molar-refractivity contribution in [2.75, 3.05) is 26.2 Å². The highest BCUT2D eigenvalue weighted by Crippen LogP contribution is 2.21. The summed E-state index contributed by atoms with van der Waals surface area (Å²) in [4.78, 5) is 14.2. The molecule has 0 aliphatic carbocycles. The quantitative estimate of drug-likeness (QED) is 0.705. The monoisotopic (exact) mass is 241 g/mol. The van der Waals surface area contributed by atoms with E-state index in [9.17, 15) is 4.79 Å². The molecule has 4 nitrogen and oxygen atoms in total. The van der Waals surface area contributed by atoms with Gasteiger partial charge in [0.1, 0.15) is 0 Å². The third-order valence-electron chi connectivity index (χ3n) is 3.04. The molecule has 1 aliphatic rings. The molecule has 0 spiro atoms. The second-order valence-corrected chi connectivity index (χ2v) is 6.11. The van der Waals surface area contributed by atoms with Crippen molar-refractivity contribution in [3.8, 4) is 0 Å². The minimum absolute atomic E-state index is 0.0117. The molecular weight excluding hydrogens is 214 g/mol. The maximum atomic E-state index is 12.2. The number of rotatable bonds is 5. The number of hydrogen-bond acceptors (Lipinski definition) is 3. The van der Waals surface area contributed by atoms with Gasteiger partial charge in [-0.3, -0.25) is 10.1 Å². The Hall–Kier alpha value is -0.610. The zero-order chi connectivity index (χ0) is 13.1. The number of carbonyl (C=O) groups is 1. The fraction of sp³-hybridized carbons (Fsp3) is 0.923. The Morgan fingerprint density at radius 1 is 1.29 bits per heavy atom. The Labute approximate surface area is 105 Å². The van der Waals surface area contributed by atoms with Gasteiger partial charge in [-0.05, 0) is 40.7 Å². The third kappa shape index (κ3) is 3.96. The van der Waals surface area contributed by atoms with E-state index in [-0.39, 0.29) is 11.4 Å². The van der Waals surface area contributed by atoms with Crippen LogP contribution in [-0.2, 0) is 4.79 Å². The van der Waals surface area contributed by atoms with Crippen molar-refractivity contribution in [2.24, 2.45) is 0 Å². The molecule has 0 bridgehead atoms. The van der Waals surface area contributed by atoms with E-state index in [1.165, 1.54) is 0 Å². The first kappa shape index (κ1) is 14.5. The summed E-state index contributed by atoms with van der Waals surface area (Å²) in [5.74, 6) is 0.204. The summed E-state index contributed by atoms with van der Waals surface area (Å²) in [6.45, 7) is 13.8. The van der Waals surface area contributed by atoms with Gasteiger partial charge in [0.25, 0.3) is 0 Å². The summed E-state index contributed by atoms with van der Waals surface area (Å²) in [5.41, 5.74) is -0.464. The van der Waals surface area contributed by atoms with Crippen LogP contribution in [0.15, 0.2) is 0 Å². The molecule has 1 amide bonds. The number of hydrogen-bond donors (Lipinski definition) is 2. The lowest BCUT2D eigenvalue weighted by molar-refractivity contribution is -0.143. The predicted molar refractivity (Wildman–Crippen MR) is 71.0 cm³/mol. The zero-order valence-electron chi connectivity index (χ0n) is 11.9. The Morgan fingerprint density at radius 3 is 2.53 bits per heavy atom. The normalized spacial score (nSPS) is 22.9. The average Bonchev–Trinajstić information content (AvgIpc) is 2.18. The first-order chi connectivity index (χ1) is 7.78. The molecule has 0 saturated carbocycles. The summed E-state index contributed by atoms with van der Waals surface area (Å²) in [7, 11) is 0. The fourth-order valence-corrected chi connectivity index (χ4v) is 2.58. The van der Waals surface area contributed by atoms with E-state index in [2.05, 4.69) is 31.4 Å². The van der Waals surface area contributed by atoms with Crippen LogP contribution in [-0.4, -0.2) is 48.1 Å². The SMILES string of the molecule is CCCNCCN1CC(C)(C)NC(C)(C)C1=O. The van der Waals surface area contributed by atoms with Gasteiger partial charge in [0, 0.05) is 25.2 Å². The molecule has 1 heterocycles. The number of nitrogens with zero attached hydrogens (tertiary/aromatic N) is 1. The van der Waals surface area contributed by atoms with Crippen LogP contribution in [0.1, 0.15) is 41.0 Å². The summed E-state index contributed by atoms with van der Waals surface area (Å²) < 4.78 is 0. The van der Waals surface area contributed by atoms with Gasteiger partial charge >= 0.3 is 0 Å². The molecule has 1 rings (SSSR count). The number of carbonyl (C=O) groups excluding carboxylic acids is 1. The van der Waals surface area contributed by atoms with Crippen molar-refractivity contribution in [3.05, 3.63) is 0 Å². The van der Waals surface area contributed by atoms with Crippen molar-refractivity contribution in [2.45, 2.75) is 52.1 Å². The van der Waals surface area contributed by atoms with Crippen LogP contribution in [0, 0.1) is 0 Å². The average molecular weight is 241 g/mol. The Bertz CT molecular complexity index is 274. The van der Waals surface area contributed by atoms with Crippen LogP contribution in [0.25, 0.3) is 0 Å². The predicted octanol–water partition coefficient (Wildman–Crippen LogP) is 0.975. The first-order valence-electron chi connectivity index (χ1n) is 6.58. The number of piperazine rings is 1. The van der Waals surface area contributed by atoms with Crippen LogP contribution in [0.5, 0.6) is 0 Å². The molecule has 1 aliphatic heterocycles. The Kier molecular flexibility index (Phi) is 4.55. The van der Waals surface area contributed by atoms with Gasteiger partial charge < -0.3 is 10.2 Å². The highest BCUT2D eigenvalue weighted by molar-refractivity contribution is 5.86. The van der Waals surface area contributed by atoms with E-state index in [1.54, 1.807) is 0 Å². The lowest BCUT2D eigenvalue weighted by Gasteiger charge is -2.47. The molecule has 1 saturated heterocycles. The van der Waals surface area contributed by atoms with E-state index in [0.29, 0.717) is 0 Å². The molecule has 0 aromatic rings. The van der Waals surface area contributed by atoms with Gasteiger partial charge in [-0.25, -0.2) is 0 Å². The maximum absolute atomic E-state index is 12.2. The summed E-state index contributed by atoms with van der Waals surface area (Å²) in [5, 5.41) is 6.74. The van der Waals surface area contributed by atoms with Gasteiger partial charge in [-0.2, -0.15) is 0 Å². The minimum atomic E-state index is -0.452. The zero-order valence-corrected chi connectivity index (χ0v) is 11.9. The lowest BCUT2D eigenvalue weighted by atomic mass is 9.90. The van der Waals surface area contributed by atoms with Crippen molar-refractivity contribution >= 4 is 5.91 Å². The summed E-state index contributed by atoms with van der Waals surface area (Å²) in [6.07, 6.45) is 1.13. The molecule has 100 valence electrons. The molecule has 17 heavy (non-hydrogen) atoms. The van der Waals surface area contributed by atoms with E-state index in [0.717, 1.165) is 32.6 Å². The molecule has 2 N–H and O–H groups in total. The maximum Gasteiger partial charge on any atom is 0.242 e. The van der Waals surface area contributed by atoms with E-state index >= 15 is 0 Å². The van der Waals surface area contributed by atoms with Crippen LogP contribution in [0.4, 0.5) is 0 Å². The van der Waals surface area contributed by atoms with Crippen molar-refractivity contribution in [1.29, 1.82) is 0 Å².